The summed E-state index contributed by atoms with van der Waals surface area (Å²) in [6.45, 7) is 5.42. The van der Waals surface area contributed by atoms with Crippen LogP contribution >= 0.6 is 0 Å². The predicted octanol–water partition coefficient (Wildman–Crippen LogP) is 2.28. The first-order valence-electron chi connectivity index (χ1n) is 6.71. The highest BCUT2D eigenvalue weighted by atomic mass is 15.0. The van der Waals surface area contributed by atoms with Crippen molar-refractivity contribution >= 4 is 0 Å². The van der Waals surface area contributed by atoms with Crippen molar-refractivity contribution in [2.75, 3.05) is 6.54 Å². The molecule has 0 aromatic rings. The summed E-state index contributed by atoms with van der Waals surface area (Å²) in [6.07, 6.45) is 7.96. The maximum atomic E-state index is 6.32. The fourth-order valence-corrected chi connectivity index (χ4v) is 2.45. The molecular weight excluding hydrogens is 184 g/mol. The fourth-order valence-electron chi connectivity index (χ4n) is 2.45. The molecule has 0 radical (unpaired) electrons. The molecule has 0 unspecified atom stereocenters. The molecule has 0 amide bonds. The molecule has 2 rings (SSSR count). The molecule has 0 spiro atoms. The van der Waals surface area contributed by atoms with Crippen LogP contribution in [0.3, 0.4) is 0 Å². The van der Waals surface area contributed by atoms with Gasteiger partial charge in [-0.3, -0.25) is 0 Å². The van der Waals surface area contributed by atoms with E-state index in [2.05, 4.69) is 19.2 Å². The Kier molecular flexibility index (Phi) is 3.36. The van der Waals surface area contributed by atoms with E-state index in [9.17, 15) is 0 Å². The molecule has 2 saturated carbocycles. The summed E-state index contributed by atoms with van der Waals surface area (Å²) in [5.41, 5.74) is 6.35. The van der Waals surface area contributed by atoms with Crippen molar-refractivity contribution in [3.63, 3.8) is 0 Å². The first-order chi connectivity index (χ1) is 7.18. The minimum atomic E-state index is 0.0298. The number of hydrogen-bond donors (Lipinski definition) is 2. The van der Waals surface area contributed by atoms with Gasteiger partial charge >= 0.3 is 0 Å². The van der Waals surface area contributed by atoms with Gasteiger partial charge in [0.15, 0.2) is 0 Å². The third-order valence-corrected chi connectivity index (χ3v) is 4.36. The highest BCUT2D eigenvalue weighted by molar-refractivity contribution is 4.98. The van der Waals surface area contributed by atoms with Crippen molar-refractivity contribution < 1.29 is 0 Å². The summed E-state index contributed by atoms with van der Waals surface area (Å²) in [5.74, 6) is 1.96. The van der Waals surface area contributed by atoms with Crippen LogP contribution in [0.4, 0.5) is 0 Å². The van der Waals surface area contributed by atoms with E-state index in [0.717, 1.165) is 37.3 Å². The van der Waals surface area contributed by atoms with E-state index in [0.29, 0.717) is 0 Å². The van der Waals surface area contributed by atoms with E-state index >= 15 is 0 Å². The zero-order valence-electron chi connectivity index (χ0n) is 10.3. The average molecular weight is 210 g/mol. The second-order valence-corrected chi connectivity index (χ2v) is 5.65. The third kappa shape index (κ3) is 2.94. The van der Waals surface area contributed by atoms with Crippen molar-refractivity contribution in [2.45, 2.75) is 64.0 Å². The van der Waals surface area contributed by atoms with Crippen molar-refractivity contribution in [3.05, 3.63) is 0 Å². The minimum absolute atomic E-state index is 0.0298. The summed E-state index contributed by atoms with van der Waals surface area (Å²) in [4.78, 5) is 0. The molecule has 0 aromatic carbocycles. The van der Waals surface area contributed by atoms with E-state index in [1.165, 1.54) is 25.7 Å². The number of nitrogens with two attached hydrogens (primary N) is 1. The summed E-state index contributed by atoms with van der Waals surface area (Å²) in [6, 6.07) is 0.797. The largest absolute Gasteiger partial charge is 0.324 e. The molecule has 2 aliphatic carbocycles. The van der Waals surface area contributed by atoms with Gasteiger partial charge in [0.25, 0.3) is 0 Å². The van der Waals surface area contributed by atoms with Gasteiger partial charge in [-0.2, -0.15) is 0 Å². The Morgan fingerprint density at radius 2 is 1.60 bits per heavy atom. The number of hydrogen-bond acceptors (Lipinski definition) is 2. The zero-order chi connectivity index (χ0) is 10.9. The van der Waals surface area contributed by atoms with E-state index in [-0.39, 0.29) is 5.54 Å². The molecule has 0 atom stereocenters. The summed E-state index contributed by atoms with van der Waals surface area (Å²) < 4.78 is 0. The van der Waals surface area contributed by atoms with Crippen LogP contribution in [-0.4, -0.2) is 18.1 Å². The maximum Gasteiger partial charge on any atom is 0.0275 e. The Hall–Kier alpha value is -0.0800. The highest BCUT2D eigenvalue weighted by Gasteiger charge is 2.41. The SMILES string of the molecule is CCC(N)(CC)CNC(C1CC1)C1CC1. The van der Waals surface area contributed by atoms with Crippen LogP contribution in [0.1, 0.15) is 52.4 Å². The molecule has 3 N–H and O–H groups in total. The summed E-state index contributed by atoms with van der Waals surface area (Å²) >= 11 is 0. The first kappa shape index (κ1) is 11.4. The summed E-state index contributed by atoms with van der Waals surface area (Å²) in [5, 5.41) is 3.76. The molecule has 2 fully saturated rings. The Balaban J connectivity index is 1.79. The Morgan fingerprint density at radius 3 is 1.93 bits per heavy atom. The molecule has 2 aliphatic rings. The lowest BCUT2D eigenvalue weighted by Crippen LogP contribution is -2.51. The van der Waals surface area contributed by atoms with Crippen LogP contribution in [0.5, 0.6) is 0 Å². The maximum absolute atomic E-state index is 6.32. The lowest BCUT2D eigenvalue weighted by Gasteiger charge is -2.30. The Labute approximate surface area is 94.0 Å². The van der Waals surface area contributed by atoms with Crippen molar-refractivity contribution in [1.82, 2.24) is 5.32 Å². The molecule has 0 aliphatic heterocycles. The third-order valence-electron chi connectivity index (χ3n) is 4.36. The average Bonchev–Trinajstić information content (AvgIpc) is 3.10. The fraction of sp³-hybridized carbons (Fsp3) is 1.00. The lowest BCUT2D eigenvalue weighted by molar-refractivity contribution is 0.319. The van der Waals surface area contributed by atoms with E-state index in [1.54, 1.807) is 0 Å². The van der Waals surface area contributed by atoms with Crippen molar-refractivity contribution in [3.8, 4) is 0 Å². The second kappa shape index (κ2) is 4.42. The second-order valence-electron chi connectivity index (χ2n) is 5.65. The van der Waals surface area contributed by atoms with Gasteiger partial charge in [-0.05, 0) is 50.4 Å². The molecule has 0 bridgehead atoms. The normalized spacial score (nSPS) is 22.4. The predicted molar refractivity (Wildman–Crippen MR) is 64.7 cm³/mol. The topological polar surface area (TPSA) is 38.0 Å². The lowest BCUT2D eigenvalue weighted by atomic mass is 9.93. The van der Waals surface area contributed by atoms with Gasteiger partial charge in [0.05, 0.1) is 0 Å². The Bertz CT molecular complexity index is 191. The highest BCUT2D eigenvalue weighted by Crippen LogP contribution is 2.44. The summed E-state index contributed by atoms with van der Waals surface area (Å²) in [7, 11) is 0. The van der Waals surface area contributed by atoms with Gasteiger partial charge in [-0.15, -0.1) is 0 Å². The zero-order valence-corrected chi connectivity index (χ0v) is 10.3. The standard InChI is InChI=1S/C13H26N2/c1-3-13(14,4-2)9-15-12(10-5-6-10)11-7-8-11/h10-12,15H,3-9,14H2,1-2H3. The molecule has 0 heterocycles. The van der Waals surface area contributed by atoms with Crippen LogP contribution in [0.15, 0.2) is 0 Å². The number of rotatable bonds is 7. The van der Waals surface area contributed by atoms with Crippen molar-refractivity contribution in [1.29, 1.82) is 0 Å². The van der Waals surface area contributed by atoms with Crippen LogP contribution in [0.2, 0.25) is 0 Å². The van der Waals surface area contributed by atoms with E-state index in [1.807, 2.05) is 0 Å². The van der Waals surface area contributed by atoms with E-state index < -0.39 is 0 Å². The van der Waals surface area contributed by atoms with E-state index in [4.69, 9.17) is 5.73 Å². The molecule has 0 saturated heterocycles. The van der Waals surface area contributed by atoms with Gasteiger partial charge in [0, 0.05) is 18.1 Å². The van der Waals surface area contributed by atoms with Gasteiger partial charge in [-0.1, -0.05) is 13.8 Å². The van der Waals surface area contributed by atoms with Crippen molar-refractivity contribution in [2.24, 2.45) is 17.6 Å². The van der Waals surface area contributed by atoms with Gasteiger partial charge in [0.1, 0.15) is 0 Å². The Morgan fingerprint density at radius 1 is 1.13 bits per heavy atom. The van der Waals surface area contributed by atoms with Gasteiger partial charge in [0.2, 0.25) is 0 Å². The van der Waals surface area contributed by atoms with Crippen LogP contribution in [0, 0.1) is 11.8 Å². The number of nitrogens with one attached hydrogen (secondary N) is 1. The first-order valence-corrected chi connectivity index (χ1v) is 6.71. The van der Waals surface area contributed by atoms with Crippen LogP contribution in [0.25, 0.3) is 0 Å². The van der Waals surface area contributed by atoms with Crippen LogP contribution < -0.4 is 11.1 Å². The molecule has 0 aromatic heterocycles. The van der Waals surface area contributed by atoms with Gasteiger partial charge in [-0.25, -0.2) is 0 Å². The van der Waals surface area contributed by atoms with Crippen LogP contribution in [-0.2, 0) is 0 Å². The molecule has 2 nitrogen and oxygen atoms in total. The van der Waals surface area contributed by atoms with Gasteiger partial charge < -0.3 is 11.1 Å². The smallest absolute Gasteiger partial charge is 0.0275 e. The molecule has 15 heavy (non-hydrogen) atoms. The molecular formula is C13H26N2. The molecule has 2 heteroatoms. The minimum Gasteiger partial charge on any atom is -0.324 e. The quantitative estimate of drug-likeness (QED) is 0.676. The molecule has 88 valence electrons. The monoisotopic (exact) mass is 210 g/mol.